The summed E-state index contributed by atoms with van der Waals surface area (Å²) in [7, 11) is 0. The van der Waals surface area contributed by atoms with Crippen LogP contribution in [0.15, 0.2) is 16.6 Å². The Balaban J connectivity index is 2.30. The van der Waals surface area contributed by atoms with E-state index in [0.717, 1.165) is 27.8 Å². The number of hydrogen-bond acceptors (Lipinski definition) is 4. The van der Waals surface area contributed by atoms with Crippen LogP contribution in [0, 0.1) is 0 Å². The maximum Gasteiger partial charge on any atom is 0.223 e. The molecular formula is C13H17BrN2O3. The number of rotatable bonds is 4. The summed E-state index contributed by atoms with van der Waals surface area (Å²) in [6.07, 6.45) is 0.00722. The summed E-state index contributed by atoms with van der Waals surface area (Å²) in [5, 5.41) is 21.3. The minimum Gasteiger partial charge on any atom is -0.394 e. The molecule has 1 aliphatic rings. The molecule has 0 fully saturated rings. The van der Waals surface area contributed by atoms with Crippen LogP contribution in [0.4, 0.5) is 11.4 Å². The van der Waals surface area contributed by atoms with E-state index in [0.29, 0.717) is 6.54 Å². The molecule has 0 bridgehead atoms. The predicted octanol–water partition coefficient (Wildman–Crippen LogP) is 1.12. The molecule has 0 aromatic heterocycles. The third kappa shape index (κ3) is 3.08. The van der Waals surface area contributed by atoms with Crippen molar-refractivity contribution >= 4 is 33.2 Å². The zero-order chi connectivity index (χ0) is 14.0. The van der Waals surface area contributed by atoms with E-state index in [1.165, 1.54) is 0 Å². The molecule has 1 unspecified atom stereocenters. The molecule has 5 nitrogen and oxygen atoms in total. The van der Waals surface area contributed by atoms with Crippen molar-refractivity contribution in [2.24, 2.45) is 0 Å². The number of carbonyl (C=O) groups is 1. The number of hydrogen-bond donors (Lipinski definition) is 3. The Hall–Kier alpha value is -1.11. The first-order valence-corrected chi connectivity index (χ1v) is 6.95. The molecule has 1 aliphatic heterocycles. The molecule has 1 atom stereocenters. The van der Waals surface area contributed by atoms with Crippen molar-refractivity contribution in [1.29, 1.82) is 0 Å². The number of nitrogens with one attached hydrogen (secondary N) is 1. The van der Waals surface area contributed by atoms with E-state index in [2.05, 4.69) is 21.2 Å². The van der Waals surface area contributed by atoms with Crippen molar-refractivity contribution in [1.82, 2.24) is 0 Å². The van der Waals surface area contributed by atoms with Gasteiger partial charge in [-0.25, -0.2) is 0 Å². The van der Waals surface area contributed by atoms with E-state index in [1.54, 1.807) is 11.8 Å². The normalized spacial score (nSPS) is 15.3. The summed E-state index contributed by atoms with van der Waals surface area (Å²) in [6.45, 7) is 2.17. The highest BCUT2D eigenvalue weighted by atomic mass is 79.9. The lowest BCUT2D eigenvalue weighted by Gasteiger charge is -2.20. The van der Waals surface area contributed by atoms with E-state index in [-0.39, 0.29) is 19.1 Å². The van der Waals surface area contributed by atoms with Crippen molar-refractivity contribution in [3.05, 3.63) is 22.2 Å². The van der Waals surface area contributed by atoms with Gasteiger partial charge in [-0.15, -0.1) is 0 Å². The minimum atomic E-state index is -0.818. The molecule has 0 saturated heterocycles. The maximum absolute atomic E-state index is 11.6. The fourth-order valence-corrected chi connectivity index (χ4v) is 2.76. The molecule has 6 heteroatoms. The SMILES string of the molecule is CC(=O)N1CCc2cc(Br)cc(NCC(O)CO)c21. The quantitative estimate of drug-likeness (QED) is 0.774. The number of aliphatic hydroxyl groups excluding tert-OH is 2. The fraction of sp³-hybridized carbons (Fsp3) is 0.462. The van der Waals surface area contributed by atoms with Gasteiger partial charge in [0.2, 0.25) is 5.91 Å². The van der Waals surface area contributed by atoms with E-state index >= 15 is 0 Å². The van der Waals surface area contributed by atoms with Gasteiger partial charge in [-0.3, -0.25) is 4.79 Å². The highest BCUT2D eigenvalue weighted by Crippen LogP contribution is 2.38. The van der Waals surface area contributed by atoms with Gasteiger partial charge in [0.15, 0.2) is 0 Å². The summed E-state index contributed by atoms with van der Waals surface area (Å²) >= 11 is 3.44. The zero-order valence-electron chi connectivity index (χ0n) is 10.7. The Kier molecular flexibility index (Phi) is 4.44. The van der Waals surface area contributed by atoms with Crippen LogP contribution >= 0.6 is 15.9 Å². The van der Waals surface area contributed by atoms with Crippen LogP contribution in [-0.2, 0) is 11.2 Å². The van der Waals surface area contributed by atoms with Gasteiger partial charge in [-0.05, 0) is 24.1 Å². The van der Waals surface area contributed by atoms with Crippen molar-refractivity contribution in [3.8, 4) is 0 Å². The summed E-state index contributed by atoms with van der Waals surface area (Å²) in [6, 6.07) is 3.89. The zero-order valence-corrected chi connectivity index (χ0v) is 12.3. The molecule has 1 aromatic carbocycles. The number of nitrogens with zero attached hydrogens (tertiary/aromatic N) is 1. The molecule has 1 heterocycles. The molecule has 0 aliphatic carbocycles. The first-order valence-electron chi connectivity index (χ1n) is 6.16. The number of anilines is 2. The Morgan fingerprint density at radius 1 is 1.58 bits per heavy atom. The Morgan fingerprint density at radius 3 is 2.95 bits per heavy atom. The van der Waals surface area contributed by atoms with Crippen LogP contribution < -0.4 is 10.2 Å². The van der Waals surface area contributed by atoms with E-state index in [1.807, 2.05) is 12.1 Å². The number of benzene rings is 1. The topological polar surface area (TPSA) is 72.8 Å². The molecule has 0 radical (unpaired) electrons. The van der Waals surface area contributed by atoms with Crippen LogP contribution in [0.2, 0.25) is 0 Å². The van der Waals surface area contributed by atoms with Crippen molar-refractivity contribution < 1.29 is 15.0 Å². The molecule has 1 amide bonds. The average Bonchev–Trinajstić information content (AvgIpc) is 2.79. The van der Waals surface area contributed by atoms with Crippen molar-refractivity contribution in [2.45, 2.75) is 19.4 Å². The van der Waals surface area contributed by atoms with E-state index in [4.69, 9.17) is 5.11 Å². The Labute approximate surface area is 120 Å². The number of halogens is 1. The fourth-order valence-electron chi connectivity index (χ4n) is 2.25. The van der Waals surface area contributed by atoms with Crippen LogP contribution in [0.1, 0.15) is 12.5 Å². The van der Waals surface area contributed by atoms with Crippen molar-refractivity contribution in [3.63, 3.8) is 0 Å². The lowest BCUT2D eigenvalue weighted by atomic mass is 10.1. The van der Waals surface area contributed by atoms with Gasteiger partial charge in [-0.1, -0.05) is 15.9 Å². The van der Waals surface area contributed by atoms with Gasteiger partial charge < -0.3 is 20.4 Å². The number of aliphatic hydroxyl groups is 2. The summed E-state index contributed by atoms with van der Waals surface area (Å²) in [5.74, 6) is 0.00632. The molecule has 19 heavy (non-hydrogen) atoms. The summed E-state index contributed by atoms with van der Waals surface area (Å²) < 4.78 is 0.928. The van der Waals surface area contributed by atoms with Crippen LogP contribution in [0.3, 0.4) is 0 Å². The van der Waals surface area contributed by atoms with Gasteiger partial charge >= 0.3 is 0 Å². The third-order valence-corrected chi connectivity index (χ3v) is 3.61. The van der Waals surface area contributed by atoms with Gasteiger partial charge in [0.1, 0.15) is 0 Å². The number of fused-ring (bicyclic) bond motifs is 1. The second-order valence-electron chi connectivity index (χ2n) is 4.60. The Bertz CT molecular complexity index is 493. The monoisotopic (exact) mass is 328 g/mol. The molecule has 104 valence electrons. The van der Waals surface area contributed by atoms with E-state index < -0.39 is 6.10 Å². The minimum absolute atomic E-state index is 0.00632. The first kappa shape index (κ1) is 14.3. The highest BCUT2D eigenvalue weighted by Gasteiger charge is 2.26. The van der Waals surface area contributed by atoms with Crippen LogP contribution in [0.5, 0.6) is 0 Å². The molecule has 0 spiro atoms. The van der Waals surface area contributed by atoms with Gasteiger partial charge in [0, 0.05) is 24.5 Å². The molecular weight excluding hydrogens is 312 g/mol. The number of carbonyl (C=O) groups excluding carboxylic acids is 1. The van der Waals surface area contributed by atoms with Crippen LogP contribution in [0.25, 0.3) is 0 Å². The molecule has 1 aromatic rings. The lowest BCUT2D eigenvalue weighted by Crippen LogP contribution is -2.28. The number of amides is 1. The van der Waals surface area contributed by atoms with E-state index in [9.17, 15) is 9.90 Å². The summed E-state index contributed by atoms with van der Waals surface area (Å²) in [5.41, 5.74) is 2.77. The van der Waals surface area contributed by atoms with Gasteiger partial charge in [0.25, 0.3) is 0 Å². The summed E-state index contributed by atoms with van der Waals surface area (Å²) in [4.78, 5) is 13.4. The average molecular weight is 329 g/mol. The lowest BCUT2D eigenvalue weighted by molar-refractivity contribution is -0.116. The van der Waals surface area contributed by atoms with Crippen LogP contribution in [-0.4, -0.2) is 41.9 Å². The van der Waals surface area contributed by atoms with Crippen molar-refractivity contribution in [2.75, 3.05) is 29.9 Å². The molecule has 3 N–H and O–H groups in total. The second kappa shape index (κ2) is 5.90. The predicted molar refractivity (Wildman–Crippen MR) is 77.5 cm³/mol. The molecule has 2 rings (SSSR count). The maximum atomic E-state index is 11.6. The largest absolute Gasteiger partial charge is 0.394 e. The van der Waals surface area contributed by atoms with Gasteiger partial charge in [0.05, 0.1) is 24.1 Å². The molecule has 0 saturated carbocycles. The Morgan fingerprint density at radius 2 is 2.32 bits per heavy atom. The third-order valence-electron chi connectivity index (χ3n) is 3.15. The highest BCUT2D eigenvalue weighted by molar-refractivity contribution is 9.10. The smallest absolute Gasteiger partial charge is 0.223 e. The van der Waals surface area contributed by atoms with Gasteiger partial charge in [-0.2, -0.15) is 0 Å². The first-order chi connectivity index (χ1) is 9.02. The standard InChI is InChI=1S/C13H17BrN2O3/c1-8(18)16-3-2-9-4-10(14)5-12(13(9)16)15-6-11(19)7-17/h4-5,11,15,17,19H,2-3,6-7H2,1H3. The second-order valence-corrected chi connectivity index (χ2v) is 5.51.